The number of rotatable bonds is 2. The number of fused-ring (bicyclic) bond motifs is 1. The van der Waals surface area contributed by atoms with Crippen molar-refractivity contribution in [3.05, 3.63) is 29.8 Å². The molecule has 0 atom stereocenters. The summed E-state index contributed by atoms with van der Waals surface area (Å²) in [7, 11) is 0. The number of hydrogen-bond acceptors (Lipinski definition) is 3. The Kier molecular flexibility index (Phi) is 2.02. The highest BCUT2D eigenvalue weighted by Gasteiger charge is 2.15. The Labute approximate surface area is 75.6 Å². The summed E-state index contributed by atoms with van der Waals surface area (Å²) in [6, 6.07) is 5.62. The molecule has 0 fully saturated rings. The zero-order valence-electron chi connectivity index (χ0n) is 6.95. The van der Waals surface area contributed by atoms with E-state index >= 15 is 0 Å². The minimum absolute atomic E-state index is 0.261. The van der Waals surface area contributed by atoms with E-state index in [-0.39, 0.29) is 6.79 Å². The van der Waals surface area contributed by atoms with Gasteiger partial charge in [-0.2, -0.15) is 0 Å². The van der Waals surface area contributed by atoms with Crippen molar-refractivity contribution >= 4 is 5.94 Å². The first-order valence-corrected chi connectivity index (χ1v) is 3.98. The molecule has 0 saturated carbocycles. The molecule has 1 aliphatic rings. The predicted octanol–water partition coefficient (Wildman–Crippen LogP) is 1.35. The zero-order valence-corrected chi connectivity index (χ0v) is 6.95. The van der Waals surface area contributed by atoms with Gasteiger partial charge in [0.1, 0.15) is 5.94 Å². The molecule has 1 heterocycles. The van der Waals surface area contributed by atoms with Gasteiger partial charge in [0.2, 0.25) is 6.79 Å². The summed E-state index contributed by atoms with van der Waals surface area (Å²) in [5, 5.41) is 0. The van der Waals surface area contributed by atoms with Gasteiger partial charge in [-0.05, 0) is 6.07 Å². The van der Waals surface area contributed by atoms with Gasteiger partial charge in [0, 0.05) is 18.1 Å². The van der Waals surface area contributed by atoms with Crippen molar-refractivity contribution in [1.29, 1.82) is 0 Å². The molecule has 1 aromatic carbocycles. The van der Waals surface area contributed by atoms with Crippen LogP contribution in [0.2, 0.25) is 0 Å². The van der Waals surface area contributed by atoms with E-state index in [1.807, 2.05) is 18.2 Å². The lowest BCUT2D eigenvalue weighted by molar-refractivity contribution is 0.173. The quantitative estimate of drug-likeness (QED) is 0.638. The molecule has 13 heavy (non-hydrogen) atoms. The lowest BCUT2D eigenvalue weighted by Gasteiger charge is -2.00. The molecule has 0 N–H and O–H groups in total. The van der Waals surface area contributed by atoms with Crippen LogP contribution in [-0.2, 0) is 11.2 Å². The zero-order chi connectivity index (χ0) is 9.10. The predicted molar refractivity (Wildman–Crippen MR) is 46.5 cm³/mol. The average molecular weight is 176 g/mol. The van der Waals surface area contributed by atoms with Crippen LogP contribution in [0.25, 0.3) is 0 Å². The summed E-state index contributed by atoms with van der Waals surface area (Å²) in [5.41, 5.74) is 0.957. The van der Waals surface area contributed by atoms with Gasteiger partial charge in [0.25, 0.3) is 0 Å². The van der Waals surface area contributed by atoms with Crippen LogP contribution in [0.15, 0.2) is 24.3 Å². The average Bonchev–Trinajstić information content (AvgIpc) is 2.62. The van der Waals surface area contributed by atoms with Gasteiger partial charge >= 0.3 is 0 Å². The molecule has 0 radical (unpaired) electrons. The summed E-state index contributed by atoms with van der Waals surface area (Å²) < 4.78 is 10.4. The third-order valence-electron chi connectivity index (χ3n) is 1.88. The maximum atomic E-state index is 10.0. The normalized spacial score (nSPS) is 12.3. The number of carbonyl (C=O) groups excluding carboxylic acids is 1. The van der Waals surface area contributed by atoms with E-state index in [0.29, 0.717) is 6.42 Å². The minimum atomic E-state index is 0.261. The first-order valence-electron chi connectivity index (χ1n) is 3.98. The smallest absolute Gasteiger partial charge is 0.231 e. The van der Waals surface area contributed by atoms with Crippen molar-refractivity contribution in [2.75, 3.05) is 6.79 Å². The van der Waals surface area contributed by atoms with Crippen LogP contribution < -0.4 is 9.47 Å². The topological polar surface area (TPSA) is 35.5 Å². The van der Waals surface area contributed by atoms with Crippen molar-refractivity contribution in [3.63, 3.8) is 0 Å². The van der Waals surface area contributed by atoms with E-state index in [2.05, 4.69) is 0 Å². The standard InChI is InChI=1S/C10H8O3/c11-6-2-4-8-3-1-5-9-10(8)13-7-12-9/h1-3,5H,4,7H2. The van der Waals surface area contributed by atoms with Crippen LogP contribution in [0.4, 0.5) is 0 Å². The van der Waals surface area contributed by atoms with E-state index in [0.717, 1.165) is 17.1 Å². The van der Waals surface area contributed by atoms with Crippen LogP contribution in [0, 0.1) is 0 Å². The molecule has 0 aromatic heterocycles. The van der Waals surface area contributed by atoms with Crippen molar-refractivity contribution in [1.82, 2.24) is 0 Å². The first kappa shape index (κ1) is 7.90. The Morgan fingerprint density at radius 3 is 3.23 bits per heavy atom. The van der Waals surface area contributed by atoms with E-state index in [1.54, 1.807) is 5.94 Å². The molecule has 0 aliphatic carbocycles. The molecule has 66 valence electrons. The molecule has 0 saturated heterocycles. The van der Waals surface area contributed by atoms with E-state index in [1.165, 1.54) is 6.08 Å². The molecule has 3 nitrogen and oxygen atoms in total. The summed E-state index contributed by atoms with van der Waals surface area (Å²) in [6.45, 7) is 0.261. The number of hydrogen-bond donors (Lipinski definition) is 0. The van der Waals surface area contributed by atoms with Gasteiger partial charge < -0.3 is 9.47 Å². The summed E-state index contributed by atoms with van der Waals surface area (Å²) in [5.74, 6) is 3.23. The Balaban J connectivity index is 2.35. The van der Waals surface area contributed by atoms with E-state index < -0.39 is 0 Å². The molecular formula is C10H8O3. The fourth-order valence-corrected chi connectivity index (χ4v) is 1.30. The van der Waals surface area contributed by atoms with Crippen LogP contribution >= 0.6 is 0 Å². The molecule has 1 aromatic rings. The fraction of sp³-hybridized carbons (Fsp3) is 0.200. The van der Waals surface area contributed by atoms with Gasteiger partial charge in [-0.15, -0.1) is 0 Å². The molecular weight excluding hydrogens is 168 g/mol. The van der Waals surface area contributed by atoms with Gasteiger partial charge in [0.05, 0.1) is 0 Å². The highest BCUT2D eigenvalue weighted by molar-refractivity contribution is 5.52. The largest absolute Gasteiger partial charge is 0.454 e. The minimum Gasteiger partial charge on any atom is -0.454 e. The highest BCUT2D eigenvalue weighted by Crippen LogP contribution is 2.35. The third-order valence-corrected chi connectivity index (χ3v) is 1.88. The molecule has 3 heteroatoms. The summed E-state index contributed by atoms with van der Waals surface area (Å²) in [6.07, 6.45) is 1.97. The third kappa shape index (κ3) is 1.42. The monoisotopic (exact) mass is 176 g/mol. The number of allylic oxidation sites excluding steroid dienone is 1. The van der Waals surface area contributed by atoms with Crippen molar-refractivity contribution in [2.24, 2.45) is 0 Å². The van der Waals surface area contributed by atoms with Crippen LogP contribution in [0.1, 0.15) is 5.56 Å². The maximum Gasteiger partial charge on any atom is 0.231 e. The molecule has 0 bridgehead atoms. The van der Waals surface area contributed by atoms with Crippen molar-refractivity contribution in [2.45, 2.75) is 6.42 Å². The highest BCUT2D eigenvalue weighted by atomic mass is 16.7. The maximum absolute atomic E-state index is 10.0. The Morgan fingerprint density at radius 1 is 1.46 bits per heavy atom. The van der Waals surface area contributed by atoms with Gasteiger partial charge in [-0.25, -0.2) is 4.79 Å². The molecule has 0 spiro atoms. The Morgan fingerprint density at radius 2 is 2.38 bits per heavy atom. The van der Waals surface area contributed by atoms with Crippen LogP contribution in [-0.4, -0.2) is 12.7 Å². The van der Waals surface area contributed by atoms with Gasteiger partial charge in [-0.3, -0.25) is 0 Å². The molecule has 2 rings (SSSR count). The van der Waals surface area contributed by atoms with Gasteiger partial charge in [-0.1, -0.05) is 12.1 Å². The lowest BCUT2D eigenvalue weighted by Crippen LogP contribution is -1.94. The van der Waals surface area contributed by atoms with Crippen molar-refractivity contribution in [3.8, 4) is 11.5 Å². The van der Waals surface area contributed by atoms with Gasteiger partial charge in [0.15, 0.2) is 11.5 Å². The van der Waals surface area contributed by atoms with E-state index in [9.17, 15) is 4.79 Å². The molecule has 0 amide bonds. The fourth-order valence-electron chi connectivity index (χ4n) is 1.30. The summed E-state index contributed by atoms with van der Waals surface area (Å²) in [4.78, 5) is 10.0. The summed E-state index contributed by atoms with van der Waals surface area (Å²) >= 11 is 0. The lowest BCUT2D eigenvalue weighted by atomic mass is 10.1. The molecule has 0 unspecified atom stereocenters. The Bertz CT molecular complexity index is 364. The number of benzene rings is 1. The second-order valence-corrected chi connectivity index (χ2v) is 2.68. The molecule has 1 aliphatic heterocycles. The van der Waals surface area contributed by atoms with Crippen LogP contribution in [0.3, 0.4) is 0 Å². The Hall–Kier alpha value is -1.73. The van der Waals surface area contributed by atoms with Crippen molar-refractivity contribution < 1.29 is 14.3 Å². The first-order chi connectivity index (χ1) is 6.42. The second kappa shape index (κ2) is 3.33. The van der Waals surface area contributed by atoms with Crippen LogP contribution in [0.5, 0.6) is 11.5 Å². The second-order valence-electron chi connectivity index (χ2n) is 2.68. The SMILES string of the molecule is O=C=CCc1cccc2c1OCO2. The van der Waals surface area contributed by atoms with E-state index in [4.69, 9.17) is 9.47 Å². The number of ether oxygens (including phenoxy) is 2. The number of para-hydroxylation sites is 1.